The lowest BCUT2D eigenvalue weighted by Gasteiger charge is -2.21. The second-order valence-corrected chi connectivity index (χ2v) is 9.08. The summed E-state index contributed by atoms with van der Waals surface area (Å²) >= 11 is 0. The van der Waals surface area contributed by atoms with Gasteiger partial charge in [0.15, 0.2) is 0 Å². The summed E-state index contributed by atoms with van der Waals surface area (Å²) in [4.78, 5) is 35.7. The molecule has 0 aliphatic carbocycles. The Bertz CT molecular complexity index is 1160. The molecule has 0 saturated carbocycles. The van der Waals surface area contributed by atoms with E-state index >= 15 is 0 Å². The molecule has 2 aromatic carbocycles. The minimum atomic E-state index is -3.87. The van der Waals surface area contributed by atoms with Crippen LogP contribution in [0.3, 0.4) is 0 Å². The Morgan fingerprint density at radius 3 is 2.33 bits per heavy atom. The lowest BCUT2D eigenvalue weighted by atomic mass is 10.1. The Morgan fingerprint density at radius 1 is 1.03 bits per heavy atom. The number of hydrogen-bond acceptors (Lipinski definition) is 5. The molecule has 1 saturated heterocycles. The van der Waals surface area contributed by atoms with Gasteiger partial charge in [0.05, 0.1) is 22.1 Å². The van der Waals surface area contributed by atoms with Crippen molar-refractivity contribution in [3.05, 3.63) is 53.6 Å². The van der Waals surface area contributed by atoms with E-state index in [9.17, 15) is 22.8 Å². The van der Waals surface area contributed by atoms with Crippen LogP contribution in [-0.2, 0) is 26.0 Å². The van der Waals surface area contributed by atoms with Gasteiger partial charge in [0.25, 0.3) is 10.0 Å². The summed E-state index contributed by atoms with van der Waals surface area (Å²) in [6, 6.07) is 10.1. The van der Waals surface area contributed by atoms with E-state index in [2.05, 4.69) is 0 Å². The van der Waals surface area contributed by atoms with Gasteiger partial charge in [-0.25, -0.2) is 13.2 Å². The third kappa shape index (κ3) is 3.28. The van der Waals surface area contributed by atoms with Gasteiger partial charge < -0.3 is 15.1 Å². The SMILES string of the molecule is O=C(O)c1ccc2c(c1)CCN2S(=O)(=O)c1ccc(N2C[C@@H](C(=O)O)CC2=O)cc1. The quantitative estimate of drug-likeness (QED) is 0.736. The van der Waals surface area contributed by atoms with Gasteiger partial charge in [-0.05, 0) is 54.4 Å². The van der Waals surface area contributed by atoms with Gasteiger partial charge in [-0.15, -0.1) is 0 Å². The highest BCUT2D eigenvalue weighted by molar-refractivity contribution is 7.92. The summed E-state index contributed by atoms with van der Waals surface area (Å²) in [5, 5.41) is 18.2. The minimum Gasteiger partial charge on any atom is -0.481 e. The van der Waals surface area contributed by atoms with Crippen molar-refractivity contribution < 1.29 is 33.0 Å². The summed E-state index contributed by atoms with van der Waals surface area (Å²) in [7, 11) is -3.87. The fourth-order valence-electron chi connectivity index (χ4n) is 3.80. The number of anilines is 2. The van der Waals surface area contributed by atoms with E-state index in [1.165, 1.54) is 51.7 Å². The van der Waals surface area contributed by atoms with Crippen LogP contribution in [0.1, 0.15) is 22.3 Å². The van der Waals surface area contributed by atoms with Crippen LogP contribution in [0.5, 0.6) is 0 Å². The molecule has 0 spiro atoms. The van der Waals surface area contributed by atoms with Gasteiger partial charge in [-0.3, -0.25) is 13.9 Å². The number of nitrogens with zero attached hydrogens (tertiary/aromatic N) is 2. The number of carboxylic acid groups (broad SMARTS) is 2. The number of benzene rings is 2. The van der Waals surface area contributed by atoms with Crippen molar-refractivity contribution in [1.82, 2.24) is 0 Å². The number of aromatic carboxylic acids is 1. The first-order chi connectivity index (χ1) is 14.2. The van der Waals surface area contributed by atoms with E-state index in [-0.39, 0.29) is 35.9 Å². The summed E-state index contributed by atoms with van der Waals surface area (Å²) in [6.07, 6.45) is 0.324. The zero-order valence-electron chi connectivity index (χ0n) is 15.7. The molecule has 1 atom stereocenters. The molecule has 2 aromatic rings. The molecule has 2 aliphatic rings. The van der Waals surface area contributed by atoms with E-state index in [0.717, 1.165) is 0 Å². The van der Waals surface area contributed by atoms with Crippen molar-refractivity contribution in [2.75, 3.05) is 22.3 Å². The van der Waals surface area contributed by atoms with Crippen LogP contribution in [0, 0.1) is 5.92 Å². The fraction of sp³-hybridized carbons (Fsp3) is 0.250. The first-order valence-electron chi connectivity index (χ1n) is 9.20. The molecule has 10 heteroatoms. The normalized spacial score (nSPS) is 18.5. The molecule has 1 fully saturated rings. The third-order valence-corrected chi connectivity index (χ3v) is 7.22. The zero-order valence-corrected chi connectivity index (χ0v) is 16.5. The molecule has 1 amide bonds. The van der Waals surface area contributed by atoms with Crippen LogP contribution >= 0.6 is 0 Å². The maximum absolute atomic E-state index is 13.1. The van der Waals surface area contributed by atoms with Gasteiger partial charge in [0.2, 0.25) is 5.91 Å². The second kappa shape index (κ2) is 7.13. The van der Waals surface area contributed by atoms with E-state index < -0.39 is 27.9 Å². The highest BCUT2D eigenvalue weighted by Gasteiger charge is 2.36. The van der Waals surface area contributed by atoms with Crippen molar-refractivity contribution >= 4 is 39.2 Å². The molecule has 156 valence electrons. The molecule has 0 unspecified atom stereocenters. The number of carboxylic acids is 2. The maximum atomic E-state index is 13.1. The molecule has 2 N–H and O–H groups in total. The molecule has 0 aromatic heterocycles. The van der Waals surface area contributed by atoms with Crippen LogP contribution in [0.2, 0.25) is 0 Å². The maximum Gasteiger partial charge on any atom is 0.335 e. The summed E-state index contributed by atoms with van der Waals surface area (Å²) < 4.78 is 27.5. The Morgan fingerprint density at radius 2 is 1.73 bits per heavy atom. The molecular weight excluding hydrogens is 412 g/mol. The van der Waals surface area contributed by atoms with Crippen LogP contribution in [-0.4, -0.2) is 49.6 Å². The van der Waals surface area contributed by atoms with Gasteiger partial charge in [-0.1, -0.05) is 0 Å². The number of aliphatic carboxylic acids is 1. The number of carbonyl (C=O) groups is 3. The largest absolute Gasteiger partial charge is 0.481 e. The molecule has 4 rings (SSSR count). The molecule has 30 heavy (non-hydrogen) atoms. The number of hydrogen-bond donors (Lipinski definition) is 2. The van der Waals surface area contributed by atoms with E-state index in [4.69, 9.17) is 10.2 Å². The molecule has 0 radical (unpaired) electrons. The zero-order chi connectivity index (χ0) is 21.6. The van der Waals surface area contributed by atoms with Gasteiger partial charge in [0.1, 0.15) is 0 Å². The summed E-state index contributed by atoms with van der Waals surface area (Å²) in [6.45, 7) is 0.249. The number of carbonyl (C=O) groups excluding carboxylic acids is 1. The van der Waals surface area contributed by atoms with Crippen molar-refractivity contribution in [2.45, 2.75) is 17.7 Å². The predicted molar refractivity (Wildman–Crippen MR) is 106 cm³/mol. The Kier molecular flexibility index (Phi) is 4.73. The lowest BCUT2D eigenvalue weighted by Crippen LogP contribution is -2.29. The third-order valence-electron chi connectivity index (χ3n) is 5.39. The highest BCUT2D eigenvalue weighted by atomic mass is 32.2. The number of amides is 1. The Hall–Kier alpha value is -3.40. The lowest BCUT2D eigenvalue weighted by molar-refractivity contribution is -0.141. The fourth-order valence-corrected chi connectivity index (χ4v) is 5.31. The first-order valence-corrected chi connectivity index (χ1v) is 10.6. The Labute approximate surface area is 172 Å². The van der Waals surface area contributed by atoms with Crippen LogP contribution in [0.4, 0.5) is 11.4 Å². The summed E-state index contributed by atoms with van der Waals surface area (Å²) in [5.74, 6) is -3.21. The first kappa shape index (κ1) is 19.9. The second-order valence-electron chi connectivity index (χ2n) is 7.21. The van der Waals surface area contributed by atoms with E-state index in [0.29, 0.717) is 23.4 Å². The molecule has 0 bridgehead atoms. The van der Waals surface area contributed by atoms with Crippen molar-refractivity contribution in [3.63, 3.8) is 0 Å². The molecule has 9 nitrogen and oxygen atoms in total. The van der Waals surface area contributed by atoms with E-state index in [1.807, 2.05) is 0 Å². The predicted octanol–water partition coefficient (Wildman–Crippen LogP) is 1.57. The number of fused-ring (bicyclic) bond motifs is 1. The van der Waals surface area contributed by atoms with Crippen molar-refractivity contribution in [3.8, 4) is 0 Å². The number of sulfonamides is 1. The average molecular weight is 430 g/mol. The molecular formula is C20H18N2O7S. The topological polar surface area (TPSA) is 132 Å². The highest BCUT2D eigenvalue weighted by Crippen LogP contribution is 2.34. The van der Waals surface area contributed by atoms with Crippen LogP contribution < -0.4 is 9.21 Å². The smallest absolute Gasteiger partial charge is 0.335 e. The van der Waals surface area contributed by atoms with Crippen LogP contribution in [0.15, 0.2) is 47.4 Å². The van der Waals surface area contributed by atoms with Crippen LogP contribution in [0.25, 0.3) is 0 Å². The molecule has 2 aliphatic heterocycles. The average Bonchev–Trinajstić information content (AvgIpc) is 3.31. The van der Waals surface area contributed by atoms with Crippen molar-refractivity contribution in [1.29, 1.82) is 0 Å². The number of rotatable bonds is 5. The monoisotopic (exact) mass is 430 g/mol. The van der Waals surface area contributed by atoms with Gasteiger partial charge in [-0.2, -0.15) is 0 Å². The van der Waals surface area contributed by atoms with Gasteiger partial charge in [0, 0.05) is 25.2 Å². The van der Waals surface area contributed by atoms with Gasteiger partial charge >= 0.3 is 11.9 Å². The Balaban J connectivity index is 1.59. The summed E-state index contributed by atoms with van der Waals surface area (Å²) in [5.41, 5.74) is 1.64. The van der Waals surface area contributed by atoms with E-state index in [1.54, 1.807) is 0 Å². The minimum absolute atomic E-state index is 0.0304. The standard InChI is InChI=1S/C20H18N2O7S/c23-18-10-14(20(26)27)11-21(18)15-2-4-16(5-3-15)30(28,29)22-8-7-12-9-13(19(24)25)1-6-17(12)22/h1-6,9,14H,7-8,10-11H2,(H,24,25)(H,26,27)/t14-/m0/s1. The van der Waals surface area contributed by atoms with Crippen molar-refractivity contribution in [2.24, 2.45) is 5.92 Å². The molecule has 2 heterocycles.